The summed E-state index contributed by atoms with van der Waals surface area (Å²) >= 11 is 0. The maximum atomic E-state index is 2.75. The lowest BCUT2D eigenvalue weighted by Crippen LogP contribution is -2.50. The van der Waals surface area contributed by atoms with Gasteiger partial charge in [0, 0.05) is 0 Å². The molecule has 0 aromatic carbocycles. The molecule has 28 heavy (non-hydrogen) atoms. The summed E-state index contributed by atoms with van der Waals surface area (Å²) in [5, 5.41) is 0. The molecule has 0 aromatic rings. The van der Waals surface area contributed by atoms with E-state index in [1.165, 1.54) is 70.6 Å². The van der Waals surface area contributed by atoms with Gasteiger partial charge < -0.3 is 0 Å². The van der Waals surface area contributed by atoms with Crippen LogP contribution in [-0.2, 0) is 0 Å². The Morgan fingerprint density at radius 3 is 2.50 bits per heavy atom. The zero-order valence-electron chi connectivity index (χ0n) is 19.9. The van der Waals surface area contributed by atoms with E-state index in [-0.39, 0.29) is 0 Å². The fourth-order valence-corrected chi connectivity index (χ4v) is 8.87. The second-order valence-corrected chi connectivity index (χ2v) is 12.6. The molecule has 3 unspecified atom stereocenters. The highest BCUT2D eigenvalue weighted by Crippen LogP contribution is 2.67. The van der Waals surface area contributed by atoms with Gasteiger partial charge in [0.25, 0.3) is 0 Å². The molecule has 4 rings (SSSR count). The number of hydrogen-bond acceptors (Lipinski definition) is 0. The fourth-order valence-electron chi connectivity index (χ4n) is 8.87. The van der Waals surface area contributed by atoms with Gasteiger partial charge in [0.15, 0.2) is 0 Å². The molecule has 4 aliphatic carbocycles. The van der Waals surface area contributed by atoms with Crippen LogP contribution in [-0.4, -0.2) is 0 Å². The SMILES string of the molecule is CC(C)CCC[C@@H](C)[C@H]1CCC2[C@@H]3CC=C4CC(C)CC[C@]4(C)C3CC[C@@]21C. The van der Waals surface area contributed by atoms with E-state index in [0.29, 0.717) is 10.8 Å². The Hall–Kier alpha value is -0.260. The van der Waals surface area contributed by atoms with E-state index < -0.39 is 0 Å². The third kappa shape index (κ3) is 3.43. The molecule has 8 atom stereocenters. The van der Waals surface area contributed by atoms with Crippen LogP contribution in [0.3, 0.4) is 0 Å². The lowest BCUT2D eigenvalue weighted by Gasteiger charge is -2.58. The van der Waals surface area contributed by atoms with Crippen molar-refractivity contribution in [1.82, 2.24) is 0 Å². The predicted molar refractivity (Wildman–Crippen MR) is 122 cm³/mol. The van der Waals surface area contributed by atoms with Crippen molar-refractivity contribution >= 4 is 0 Å². The minimum absolute atomic E-state index is 0.553. The smallest absolute Gasteiger partial charge is 0.00851 e. The van der Waals surface area contributed by atoms with Crippen LogP contribution in [0.15, 0.2) is 11.6 Å². The Kier molecular flexibility index (Phi) is 5.83. The Bertz CT molecular complexity index is 585. The van der Waals surface area contributed by atoms with Gasteiger partial charge in [-0.05, 0) is 104 Å². The summed E-state index contributed by atoms with van der Waals surface area (Å²) in [6.45, 7) is 15.3. The first-order valence-corrected chi connectivity index (χ1v) is 12.9. The molecule has 0 amide bonds. The van der Waals surface area contributed by atoms with Gasteiger partial charge in [-0.15, -0.1) is 0 Å². The van der Waals surface area contributed by atoms with Gasteiger partial charge in [-0.1, -0.05) is 72.5 Å². The number of hydrogen-bond donors (Lipinski definition) is 0. The normalized spacial score (nSPS) is 46.5. The molecule has 0 aromatic heterocycles. The molecule has 3 saturated carbocycles. The summed E-state index contributed by atoms with van der Waals surface area (Å²) in [7, 11) is 0. The molecule has 0 heteroatoms. The standard InChI is InChI=1S/C28H48/c1-19(2)8-7-9-21(4)24-12-13-25-23-11-10-22-18-20(3)14-16-27(22,5)26(23)15-17-28(24,25)6/h10,19-21,23-26H,7-9,11-18H2,1-6H3/t20?,21-,23+,24-,25?,26?,27+,28-/m1/s1. The van der Waals surface area contributed by atoms with Crippen LogP contribution < -0.4 is 0 Å². The van der Waals surface area contributed by atoms with E-state index in [2.05, 4.69) is 47.6 Å². The molecule has 0 bridgehead atoms. The summed E-state index contributed by atoms with van der Waals surface area (Å²) in [5.74, 6) is 6.73. The average molecular weight is 385 g/mol. The van der Waals surface area contributed by atoms with Gasteiger partial charge in [-0.2, -0.15) is 0 Å². The number of fused-ring (bicyclic) bond motifs is 5. The van der Waals surface area contributed by atoms with Gasteiger partial charge in [0.2, 0.25) is 0 Å². The van der Waals surface area contributed by atoms with E-state index in [1.54, 1.807) is 0 Å². The zero-order chi connectivity index (χ0) is 20.1. The summed E-state index contributed by atoms with van der Waals surface area (Å²) < 4.78 is 0. The molecule has 0 N–H and O–H groups in total. The molecule has 0 heterocycles. The Labute approximate surface area is 176 Å². The summed E-state index contributed by atoms with van der Waals surface area (Å²) in [6, 6.07) is 0. The predicted octanol–water partition coefficient (Wildman–Crippen LogP) is 8.66. The highest BCUT2D eigenvalue weighted by atomic mass is 14.6. The Morgan fingerprint density at radius 2 is 1.75 bits per heavy atom. The van der Waals surface area contributed by atoms with E-state index in [4.69, 9.17) is 0 Å². The largest absolute Gasteiger partial charge is 0.0845 e. The van der Waals surface area contributed by atoms with Gasteiger partial charge in [-0.25, -0.2) is 0 Å². The van der Waals surface area contributed by atoms with Crippen LogP contribution in [0.5, 0.6) is 0 Å². The van der Waals surface area contributed by atoms with Crippen LogP contribution >= 0.6 is 0 Å². The average Bonchev–Trinajstić information content (AvgIpc) is 2.99. The van der Waals surface area contributed by atoms with Gasteiger partial charge >= 0.3 is 0 Å². The fraction of sp³-hybridized carbons (Fsp3) is 0.929. The van der Waals surface area contributed by atoms with Crippen LogP contribution in [0, 0.1) is 52.3 Å². The molecule has 0 aliphatic heterocycles. The zero-order valence-corrected chi connectivity index (χ0v) is 19.9. The molecule has 3 fully saturated rings. The van der Waals surface area contributed by atoms with Crippen molar-refractivity contribution in [2.24, 2.45) is 52.3 Å². The highest BCUT2D eigenvalue weighted by Gasteiger charge is 2.58. The molecule has 0 saturated heterocycles. The first-order chi connectivity index (χ1) is 13.3. The minimum atomic E-state index is 0.553. The second kappa shape index (κ2) is 7.77. The van der Waals surface area contributed by atoms with Gasteiger partial charge in [-0.3, -0.25) is 0 Å². The summed E-state index contributed by atoms with van der Waals surface area (Å²) in [6.07, 6.45) is 19.0. The quantitative estimate of drug-likeness (QED) is 0.416. The Balaban J connectivity index is 1.49. The maximum absolute atomic E-state index is 2.75. The molecule has 0 nitrogen and oxygen atoms in total. The van der Waals surface area contributed by atoms with Gasteiger partial charge in [0.1, 0.15) is 0 Å². The lowest BCUT2D eigenvalue weighted by molar-refractivity contribution is -0.0523. The monoisotopic (exact) mass is 384 g/mol. The summed E-state index contributed by atoms with van der Waals surface area (Å²) in [4.78, 5) is 0. The number of allylic oxidation sites excluding steroid dienone is 2. The first-order valence-electron chi connectivity index (χ1n) is 12.9. The third-order valence-electron chi connectivity index (χ3n) is 10.6. The lowest BCUT2D eigenvalue weighted by atomic mass is 9.46. The number of rotatable bonds is 5. The second-order valence-electron chi connectivity index (χ2n) is 12.6. The van der Waals surface area contributed by atoms with Crippen molar-refractivity contribution in [3.63, 3.8) is 0 Å². The molecule has 0 spiro atoms. The molecular formula is C28H48. The van der Waals surface area contributed by atoms with E-state index in [9.17, 15) is 0 Å². The molecule has 4 aliphatic rings. The van der Waals surface area contributed by atoms with Crippen LogP contribution in [0.4, 0.5) is 0 Å². The van der Waals surface area contributed by atoms with E-state index in [0.717, 1.165) is 41.4 Å². The van der Waals surface area contributed by atoms with Gasteiger partial charge in [0.05, 0.1) is 0 Å². The van der Waals surface area contributed by atoms with Crippen molar-refractivity contribution in [1.29, 1.82) is 0 Å². The van der Waals surface area contributed by atoms with Crippen molar-refractivity contribution < 1.29 is 0 Å². The van der Waals surface area contributed by atoms with Crippen LogP contribution in [0.2, 0.25) is 0 Å². The van der Waals surface area contributed by atoms with Crippen molar-refractivity contribution in [2.75, 3.05) is 0 Å². The molecule has 160 valence electrons. The third-order valence-corrected chi connectivity index (χ3v) is 10.6. The van der Waals surface area contributed by atoms with E-state index >= 15 is 0 Å². The highest BCUT2D eigenvalue weighted by molar-refractivity contribution is 5.25. The van der Waals surface area contributed by atoms with Crippen molar-refractivity contribution in [2.45, 2.75) is 112 Å². The Morgan fingerprint density at radius 1 is 0.964 bits per heavy atom. The topological polar surface area (TPSA) is 0 Å². The summed E-state index contributed by atoms with van der Waals surface area (Å²) in [5.41, 5.74) is 3.06. The minimum Gasteiger partial charge on any atom is -0.0845 e. The van der Waals surface area contributed by atoms with Crippen LogP contribution in [0.25, 0.3) is 0 Å². The van der Waals surface area contributed by atoms with E-state index in [1.807, 2.05) is 5.57 Å². The maximum Gasteiger partial charge on any atom is -0.00851 e. The van der Waals surface area contributed by atoms with Crippen molar-refractivity contribution in [3.8, 4) is 0 Å². The first kappa shape index (κ1) is 21.0. The van der Waals surface area contributed by atoms with Crippen LogP contribution in [0.1, 0.15) is 112 Å². The molecular weight excluding hydrogens is 336 g/mol. The van der Waals surface area contributed by atoms with Crippen molar-refractivity contribution in [3.05, 3.63) is 11.6 Å². The molecule has 0 radical (unpaired) electrons.